The van der Waals surface area contributed by atoms with Gasteiger partial charge in [-0.1, -0.05) is 12.1 Å². The zero-order valence-corrected chi connectivity index (χ0v) is 19.8. The van der Waals surface area contributed by atoms with Gasteiger partial charge in [0.15, 0.2) is 5.96 Å². The summed E-state index contributed by atoms with van der Waals surface area (Å²) in [5.41, 5.74) is 6.30. The van der Waals surface area contributed by atoms with Crippen molar-refractivity contribution >= 4 is 29.9 Å². The lowest BCUT2D eigenvalue weighted by Gasteiger charge is -2.18. The van der Waals surface area contributed by atoms with Crippen molar-refractivity contribution in [3.05, 3.63) is 46.3 Å². The Balaban J connectivity index is 0.00000280. The SMILES string of the molecule is CN=C(NCCc1ccc2c(c1)CCO2)NC(C)Cc1c(C)nn(C)c1C.I. The molecule has 3 rings (SSSR count). The highest BCUT2D eigenvalue weighted by Gasteiger charge is 2.14. The first kappa shape index (κ1) is 22.5. The van der Waals surface area contributed by atoms with Crippen LogP contribution in [-0.2, 0) is 26.3 Å². The normalized spacial score (nSPS) is 14.1. The molecular formula is C21H32IN5O. The topological polar surface area (TPSA) is 63.5 Å². The summed E-state index contributed by atoms with van der Waals surface area (Å²) < 4.78 is 7.52. The van der Waals surface area contributed by atoms with Gasteiger partial charge < -0.3 is 15.4 Å². The van der Waals surface area contributed by atoms with Crippen LogP contribution in [0, 0.1) is 13.8 Å². The van der Waals surface area contributed by atoms with E-state index in [2.05, 4.69) is 59.7 Å². The summed E-state index contributed by atoms with van der Waals surface area (Å²) in [4.78, 5) is 4.36. The maximum absolute atomic E-state index is 5.57. The van der Waals surface area contributed by atoms with Crippen molar-refractivity contribution in [2.75, 3.05) is 20.2 Å². The lowest BCUT2D eigenvalue weighted by Crippen LogP contribution is -2.43. The second-order valence-corrected chi connectivity index (χ2v) is 7.31. The van der Waals surface area contributed by atoms with Gasteiger partial charge in [-0.3, -0.25) is 9.67 Å². The molecule has 6 nitrogen and oxygen atoms in total. The number of nitrogens with zero attached hydrogens (tertiary/aromatic N) is 3. The highest BCUT2D eigenvalue weighted by Crippen LogP contribution is 2.25. The van der Waals surface area contributed by atoms with Gasteiger partial charge >= 0.3 is 0 Å². The zero-order chi connectivity index (χ0) is 19.4. The van der Waals surface area contributed by atoms with Crippen molar-refractivity contribution in [1.29, 1.82) is 0 Å². The van der Waals surface area contributed by atoms with Crippen molar-refractivity contribution < 1.29 is 4.74 Å². The van der Waals surface area contributed by atoms with Crippen LogP contribution in [0.25, 0.3) is 0 Å². The Morgan fingerprint density at radius 1 is 1.36 bits per heavy atom. The van der Waals surface area contributed by atoms with E-state index in [1.807, 2.05) is 18.8 Å². The van der Waals surface area contributed by atoms with E-state index < -0.39 is 0 Å². The van der Waals surface area contributed by atoms with Gasteiger partial charge in [0.05, 0.1) is 12.3 Å². The number of hydrogen-bond acceptors (Lipinski definition) is 3. The van der Waals surface area contributed by atoms with Crippen molar-refractivity contribution in [2.45, 2.75) is 46.1 Å². The molecule has 0 fully saturated rings. The Hall–Kier alpha value is -1.77. The van der Waals surface area contributed by atoms with E-state index in [4.69, 9.17) is 4.74 Å². The summed E-state index contributed by atoms with van der Waals surface area (Å²) in [6, 6.07) is 6.77. The van der Waals surface area contributed by atoms with Gasteiger partial charge in [0.2, 0.25) is 0 Å². The van der Waals surface area contributed by atoms with Crippen molar-refractivity contribution in [3.63, 3.8) is 0 Å². The molecule has 0 saturated heterocycles. The van der Waals surface area contributed by atoms with Crippen LogP contribution in [0.5, 0.6) is 5.75 Å². The van der Waals surface area contributed by atoms with Crippen LogP contribution < -0.4 is 15.4 Å². The molecule has 1 unspecified atom stereocenters. The second kappa shape index (κ2) is 10.1. The molecule has 154 valence electrons. The van der Waals surface area contributed by atoms with Gasteiger partial charge in [0.1, 0.15) is 5.75 Å². The fourth-order valence-electron chi connectivity index (χ4n) is 3.62. The highest BCUT2D eigenvalue weighted by atomic mass is 127. The third-order valence-electron chi connectivity index (χ3n) is 5.24. The van der Waals surface area contributed by atoms with Crippen LogP contribution in [0.3, 0.4) is 0 Å². The molecule has 1 aliphatic rings. The number of guanidine groups is 1. The fraction of sp³-hybridized carbons (Fsp3) is 0.524. The molecule has 0 spiro atoms. The molecule has 0 saturated carbocycles. The number of benzene rings is 1. The summed E-state index contributed by atoms with van der Waals surface area (Å²) in [5, 5.41) is 11.4. The minimum absolute atomic E-state index is 0. The summed E-state index contributed by atoms with van der Waals surface area (Å²) in [7, 11) is 3.81. The third-order valence-corrected chi connectivity index (χ3v) is 5.24. The molecule has 0 amide bonds. The maximum Gasteiger partial charge on any atom is 0.191 e. The van der Waals surface area contributed by atoms with Crippen molar-refractivity contribution in [2.24, 2.45) is 12.0 Å². The highest BCUT2D eigenvalue weighted by molar-refractivity contribution is 14.0. The van der Waals surface area contributed by atoms with Crippen LogP contribution in [0.2, 0.25) is 0 Å². The molecule has 28 heavy (non-hydrogen) atoms. The van der Waals surface area contributed by atoms with Gasteiger partial charge in [-0.05, 0) is 56.4 Å². The molecule has 1 atom stereocenters. The first-order valence-corrected chi connectivity index (χ1v) is 9.68. The molecule has 2 aromatic rings. The quantitative estimate of drug-likeness (QED) is 0.366. The Kier molecular flexibility index (Phi) is 8.15. The molecule has 2 N–H and O–H groups in total. The maximum atomic E-state index is 5.57. The Bertz CT molecular complexity index is 830. The number of hydrogen-bond donors (Lipinski definition) is 2. The van der Waals surface area contributed by atoms with Crippen LogP contribution in [0.15, 0.2) is 23.2 Å². The summed E-state index contributed by atoms with van der Waals surface area (Å²) in [6.45, 7) is 8.03. The van der Waals surface area contributed by atoms with Gasteiger partial charge in [0.25, 0.3) is 0 Å². The van der Waals surface area contributed by atoms with E-state index in [-0.39, 0.29) is 30.0 Å². The molecule has 0 bridgehead atoms. The molecular weight excluding hydrogens is 465 g/mol. The first-order valence-electron chi connectivity index (χ1n) is 9.68. The zero-order valence-electron chi connectivity index (χ0n) is 17.5. The number of ether oxygens (including phenoxy) is 1. The number of aryl methyl sites for hydroxylation is 2. The van der Waals surface area contributed by atoms with Crippen LogP contribution in [0.1, 0.15) is 35.0 Å². The lowest BCUT2D eigenvalue weighted by molar-refractivity contribution is 0.357. The molecule has 1 aromatic heterocycles. The molecule has 1 aliphatic heterocycles. The van der Waals surface area contributed by atoms with Gasteiger partial charge in [-0.15, -0.1) is 24.0 Å². The standard InChI is InChI=1S/C21H31N5O.HI/c1-14(12-19-15(2)25-26(5)16(19)3)24-21(22-4)23-10-8-17-6-7-20-18(13-17)9-11-27-20;/h6-7,13-14H,8-12H2,1-5H3,(H2,22,23,24);1H. The number of aliphatic imine (C=N–C) groups is 1. The Labute approximate surface area is 185 Å². The van der Waals surface area contributed by atoms with Crippen molar-refractivity contribution in [3.8, 4) is 5.75 Å². The molecule has 0 aliphatic carbocycles. The molecule has 0 radical (unpaired) electrons. The minimum Gasteiger partial charge on any atom is -0.493 e. The predicted octanol–water partition coefficient (Wildman–Crippen LogP) is 2.93. The van der Waals surface area contributed by atoms with E-state index in [0.29, 0.717) is 0 Å². The average molecular weight is 497 g/mol. The number of fused-ring (bicyclic) bond motifs is 1. The summed E-state index contributed by atoms with van der Waals surface area (Å²) in [5.74, 6) is 1.88. The van der Waals surface area contributed by atoms with Gasteiger partial charge in [-0.25, -0.2) is 0 Å². The van der Waals surface area contributed by atoms with Gasteiger partial charge in [0, 0.05) is 38.8 Å². The minimum atomic E-state index is 0. The fourth-order valence-corrected chi connectivity index (χ4v) is 3.62. The molecule has 2 heterocycles. The Morgan fingerprint density at radius 2 is 2.14 bits per heavy atom. The molecule has 7 heteroatoms. The second-order valence-electron chi connectivity index (χ2n) is 7.31. The van der Waals surface area contributed by atoms with E-state index >= 15 is 0 Å². The number of halogens is 1. The number of rotatable bonds is 6. The van der Waals surface area contributed by atoms with Crippen LogP contribution in [-0.4, -0.2) is 42.0 Å². The van der Waals surface area contributed by atoms with Gasteiger partial charge in [-0.2, -0.15) is 5.10 Å². The van der Waals surface area contributed by atoms with E-state index in [1.165, 1.54) is 22.4 Å². The summed E-state index contributed by atoms with van der Waals surface area (Å²) in [6.07, 6.45) is 2.91. The Morgan fingerprint density at radius 3 is 2.82 bits per heavy atom. The average Bonchev–Trinajstić information content (AvgIpc) is 3.20. The number of nitrogens with one attached hydrogen (secondary N) is 2. The predicted molar refractivity (Wildman–Crippen MR) is 125 cm³/mol. The number of aromatic nitrogens is 2. The lowest BCUT2D eigenvalue weighted by atomic mass is 10.1. The van der Waals surface area contributed by atoms with Crippen molar-refractivity contribution in [1.82, 2.24) is 20.4 Å². The van der Waals surface area contributed by atoms with Crippen LogP contribution >= 0.6 is 24.0 Å². The first-order chi connectivity index (χ1) is 13.0. The van der Waals surface area contributed by atoms with E-state index in [9.17, 15) is 0 Å². The van der Waals surface area contributed by atoms with E-state index in [1.54, 1.807) is 0 Å². The third kappa shape index (κ3) is 5.40. The smallest absolute Gasteiger partial charge is 0.191 e. The van der Waals surface area contributed by atoms with Crippen LogP contribution in [0.4, 0.5) is 0 Å². The monoisotopic (exact) mass is 497 g/mol. The largest absolute Gasteiger partial charge is 0.493 e. The summed E-state index contributed by atoms with van der Waals surface area (Å²) >= 11 is 0. The van der Waals surface area contributed by atoms with E-state index in [0.717, 1.165) is 49.8 Å². The molecule has 1 aromatic carbocycles.